The van der Waals surface area contributed by atoms with Crippen LogP contribution in [0.2, 0.25) is 0 Å². The van der Waals surface area contributed by atoms with Gasteiger partial charge in [0.2, 0.25) is 5.91 Å². The van der Waals surface area contributed by atoms with Crippen molar-refractivity contribution in [1.29, 1.82) is 0 Å². The summed E-state index contributed by atoms with van der Waals surface area (Å²) in [7, 11) is 1.73. The summed E-state index contributed by atoms with van der Waals surface area (Å²) >= 11 is 0. The number of aromatic nitrogens is 1. The van der Waals surface area contributed by atoms with Gasteiger partial charge in [0.1, 0.15) is 0 Å². The Kier molecular flexibility index (Phi) is 4.08. The SMILES string of the molecule is CNCC(=O)N1CCc2cc(C(=O)NO)cnc2C1. The molecule has 7 nitrogen and oxygen atoms in total. The van der Waals surface area contributed by atoms with Gasteiger partial charge in [0.05, 0.1) is 24.3 Å². The van der Waals surface area contributed by atoms with E-state index in [4.69, 9.17) is 5.21 Å². The van der Waals surface area contributed by atoms with E-state index in [1.165, 1.54) is 6.20 Å². The molecule has 0 bridgehead atoms. The van der Waals surface area contributed by atoms with Gasteiger partial charge in [-0.3, -0.25) is 19.8 Å². The molecule has 0 aromatic carbocycles. The highest BCUT2D eigenvalue weighted by molar-refractivity contribution is 5.93. The van der Waals surface area contributed by atoms with Crippen LogP contribution in [0.15, 0.2) is 12.3 Å². The maximum Gasteiger partial charge on any atom is 0.276 e. The number of carbonyl (C=O) groups is 2. The van der Waals surface area contributed by atoms with Crippen molar-refractivity contribution in [2.45, 2.75) is 13.0 Å². The Morgan fingerprint density at radius 3 is 3.00 bits per heavy atom. The Bertz CT molecular complexity index is 504. The molecule has 0 atom stereocenters. The van der Waals surface area contributed by atoms with Gasteiger partial charge in [-0.25, -0.2) is 5.48 Å². The van der Waals surface area contributed by atoms with Gasteiger partial charge in [-0.2, -0.15) is 0 Å². The zero-order valence-electron chi connectivity index (χ0n) is 10.6. The molecule has 0 saturated carbocycles. The molecule has 0 spiro atoms. The lowest BCUT2D eigenvalue weighted by molar-refractivity contribution is -0.131. The number of likely N-dealkylation sites (N-methyl/N-ethyl adjacent to an activating group) is 1. The average molecular weight is 264 g/mol. The third-order valence-electron chi connectivity index (χ3n) is 3.10. The minimum absolute atomic E-state index is 0.0344. The maximum absolute atomic E-state index is 11.8. The predicted octanol–water partition coefficient (Wildman–Crippen LogP) is -0.695. The Balaban J connectivity index is 2.14. The number of pyridine rings is 1. The van der Waals surface area contributed by atoms with E-state index < -0.39 is 5.91 Å². The van der Waals surface area contributed by atoms with Crippen LogP contribution in [0.25, 0.3) is 0 Å². The Morgan fingerprint density at radius 1 is 1.53 bits per heavy atom. The minimum atomic E-state index is -0.580. The highest BCUT2D eigenvalue weighted by Gasteiger charge is 2.22. The first-order valence-corrected chi connectivity index (χ1v) is 6.00. The summed E-state index contributed by atoms with van der Waals surface area (Å²) in [5, 5.41) is 11.4. The molecule has 2 amide bonds. The predicted molar refractivity (Wildman–Crippen MR) is 66.5 cm³/mol. The van der Waals surface area contributed by atoms with E-state index in [1.54, 1.807) is 23.5 Å². The molecule has 0 fully saturated rings. The first kappa shape index (κ1) is 13.4. The monoisotopic (exact) mass is 264 g/mol. The molecule has 2 heterocycles. The first-order chi connectivity index (χ1) is 9.15. The van der Waals surface area contributed by atoms with Crippen LogP contribution in [0, 0.1) is 0 Å². The van der Waals surface area contributed by atoms with Gasteiger partial charge in [0.15, 0.2) is 0 Å². The lowest BCUT2D eigenvalue weighted by Crippen LogP contribution is -2.40. The van der Waals surface area contributed by atoms with Gasteiger partial charge >= 0.3 is 0 Å². The van der Waals surface area contributed by atoms with E-state index in [2.05, 4.69) is 10.3 Å². The lowest BCUT2D eigenvalue weighted by atomic mass is 10.0. The second-order valence-electron chi connectivity index (χ2n) is 4.37. The number of carbonyl (C=O) groups excluding carboxylic acids is 2. The molecule has 1 aliphatic heterocycles. The summed E-state index contributed by atoms with van der Waals surface area (Å²) in [4.78, 5) is 29.0. The van der Waals surface area contributed by atoms with Crippen molar-refractivity contribution in [3.05, 3.63) is 29.1 Å². The van der Waals surface area contributed by atoms with Crippen molar-refractivity contribution in [2.75, 3.05) is 20.1 Å². The lowest BCUT2D eigenvalue weighted by Gasteiger charge is -2.28. The largest absolute Gasteiger partial charge is 0.335 e. The number of rotatable bonds is 3. The van der Waals surface area contributed by atoms with Gasteiger partial charge < -0.3 is 10.2 Å². The van der Waals surface area contributed by atoms with Crippen molar-refractivity contribution in [1.82, 2.24) is 20.7 Å². The first-order valence-electron chi connectivity index (χ1n) is 6.00. The Hall–Kier alpha value is -1.99. The normalized spacial score (nSPS) is 13.9. The molecule has 19 heavy (non-hydrogen) atoms. The fraction of sp³-hybridized carbons (Fsp3) is 0.417. The third kappa shape index (κ3) is 2.88. The summed E-state index contributed by atoms with van der Waals surface area (Å²) in [5.74, 6) is -0.545. The quantitative estimate of drug-likeness (QED) is 0.496. The molecule has 1 aromatic heterocycles. The molecule has 0 unspecified atom stereocenters. The van der Waals surface area contributed by atoms with Crippen LogP contribution in [0.5, 0.6) is 0 Å². The van der Waals surface area contributed by atoms with Crippen molar-refractivity contribution >= 4 is 11.8 Å². The highest BCUT2D eigenvalue weighted by Crippen LogP contribution is 2.18. The van der Waals surface area contributed by atoms with E-state index in [9.17, 15) is 9.59 Å². The summed E-state index contributed by atoms with van der Waals surface area (Å²) in [6, 6.07) is 1.70. The molecule has 3 N–H and O–H groups in total. The van der Waals surface area contributed by atoms with Gasteiger partial charge in [0, 0.05) is 12.7 Å². The minimum Gasteiger partial charge on any atom is -0.335 e. The second kappa shape index (κ2) is 5.77. The van der Waals surface area contributed by atoms with Crippen molar-refractivity contribution in [3.8, 4) is 0 Å². The van der Waals surface area contributed by atoms with E-state index in [-0.39, 0.29) is 5.91 Å². The summed E-state index contributed by atoms with van der Waals surface area (Å²) in [6.07, 6.45) is 2.06. The Morgan fingerprint density at radius 2 is 2.32 bits per heavy atom. The van der Waals surface area contributed by atoms with E-state index in [1.807, 2.05) is 0 Å². The van der Waals surface area contributed by atoms with E-state index >= 15 is 0 Å². The zero-order valence-corrected chi connectivity index (χ0v) is 10.6. The van der Waals surface area contributed by atoms with Crippen LogP contribution in [-0.4, -0.2) is 47.0 Å². The van der Waals surface area contributed by atoms with Crippen LogP contribution in [0.4, 0.5) is 0 Å². The van der Waals surface area contributed by atoms with Gasteiger partial charge in [-0.15, -0.1) is 0 Å². The maximum atomic E-state index is 11.8. The number of hydrogen-bond acceptors (Lipinski definition) is 5. The van der Waals surface area contributed by atoms with Crippen molar-refractivity contribution in [2.24, 2.45) is 0 Å². The molecule has 1 aromatic rings. The van der Waals surface area contributed by atoms with Crippen LogP contribution < -0.4 is 10.8 Å². The zero-order chi connectivity index (χ0) is 13.8. The third-order valence-corrected chi connectivity index (χ3v) is 3.10. The number of nitrogens with one attached hydrogen (secondary N) is 2. The van der Waals surface area contributed by atoms with Gasteiger partial charge in [-0.1, -0.05) is 0 Å². The van der Waals surface area contributed by atoms with Gasteiger partial charge in [-0.05, 0) is 25.1 Å². The smallest absolute Gasteiger partial charge is 0.276 e. The van der Waals surface area contributed by atoms with Crippen molar-refractivity contribution < 1.29 is 14.8 Å². The highest BCUT2D eigenvalue weighted by atomic mass is 16.5. The number of nitrogens with zero attached hydrogens (tertiary/aromatic N) is 2. The van der Waals surface area contributed by atoms with Gasteiger partial charge in [0.25, 0.3) is 5.91 Å². The topological polar surface area (TPSA) is 94.6 Å². The standard InChI is InChI=1S/C12H16N4O3/c1-13-6-11(17)16-3-2-8-4-9(12(18)15-19)5-14-10(8)7-16/h4-5,13,19H,2-3,6-7H2,1H3,(H,15,18). The second-order valence-corrected chi connectivity index (χ2v) is 4.37. The molecule has 2 rings (SSSR count). The molecular formula is C12H16N4O3. The summed E-state index contributed by atoms with van der Waals surface area (Å²) in [5.41, 5.74) is 3.63. The molecular weight excluding hydrogens is 248 g/mol. The molecule has 0 radical (unpaired) electrons. The summed E-state index contributed by atoms with van der Waals surface area (Å²) < 4.78 is 0. The fourth-order valence-electron chi connectivity index (χ4n) is 2.08. The average Bonchev–Trinajstić information content (AvgIpc) is 2.45. The van der Waals surface area contributed by atoms with E-state index in [0.717, 1.165) is 11.3 Å². The number of fused-ring (bicyclic) bond motifs is 1. The Labute approximate surface area is 110 Å². The fourth-order valence-corrected chi connectivity index (χ4v) is 2.08. The van der Waals surface area contributed by atoms with Crippen LogP contribution in [-0.2, 0) is 17.8 Å². The number of amides is 2. The number of hydroxylamine groups is 1. The van der Waals surface area contributed by atoms with Crippen LogP contribution in [0.3, 0.4) is 0 Å². The van der Waals surface area contributed by atoms with E-state index in [0.29, 0.717) is 31.6 Å². The van der Waals surface area contributed by atoms with Crippen molar-refractivity contribution in [3.63, 3.8) is 0 Å². The molecule has 7 heteroatoms. The molecule has 0 saturated heterocycles. The summed E-state index contributed by atoms with van der Waals surface area (Å²) in [6.45, 7) is 1.37. The van der Waals surface area contributed by atoms with Crippen LogP contribution in [0.1, 0.15) is 21.6 Å². The molecule has 102 valence electrons. The number of hydrogen-bond donors (Lipinski definition) is 3. The molecule has 0 aliphatic carbocycles. The van der Waals surface area contributed by atoms with Crippen LogP contribution >= 0.6 is 0 Å². The molecule has 1 aliphatic rings.